The Hall–Kier alpha value is -0.580. The smallest absolute Gasteiger partial charge is 0.133 e. The first kappa shape index (κ1) is 12.9. The lowest BCUT2D eigenvalue weighted by Crippen LogP contribution is -2.56. The Bertz CT molecular complexity index is 380. The molecule has 2 rings (SSSR count). The van der Waals surface area contributed by atoms with E-state index in [4.69, 9.17) is 4.74 Å². The van der Waals surface area contributed by atoms with E-state index in [2.05, 4.69) is 45.2 Å². The monoisotopic (exact) mass is 298 g/mol. The topological polar surface area (TPSA) is 24.5 Å². The van der Waals surface area contributed by atoms with Crippen molar-refractivity contribution in [1.82, 2.24) is 10.2 Å². The van der Waals surface area contributed by atoms with Gasteiger partial charge in [0, 0.05) is 25.7 Å². The zero-order valence-corrected chi connectivity index (χ0v) is 12.0. The van der Waals surface area contributed by atoms with Gasteiger partial charge in [0.25, 0.3) is 0 Å². The van der Waals surface area contributed by atoms with Crippen molar-refractivity contribution in [2.45, 2.75) is 19.5 Å². The predicted molar refractivity (Wildman–Crippen MR) is 73.4 cm³/mol. The molecule has 1 fully saturated rings. The maximum absolute atomic E-state index is 5.24. The lowest BCUT2D eigenvalue weighted by molar-refractivity contribution is 0.145. The van der Waals surface area contributed by atoms with Crippen LogP contribution in [0.5, 0.6) is 5.75 Å². The molecule has 1 aromatic rings. The van der Waals surface area contributed by atoms with Gasteiger partial charge >= 0.3 is 0 Å². The molecule has 1 aliphatic rings. The van der Waals surface area contributed by atoms with E-state index < -0.39 is 0 Å². The van der Waals surface area contributed by atoms with Gasteiger partial charge in [-0.05, 0) is 40.2 Å². The molecule has 0 aliphatic carbocycles. The fourth-order valence-corrected chi connectivity index (χ4v) is 2.66. The normalized spacial score (nSPS) is 16.0. The first-order valence-electron chi connectivity index (χ1n) is 6.01. The summed E-state index contributed by atoms with van der Waals surface area (Å²) in [6.07, 6.45) is 0. The third-order valence-electron chi connectivity index (χ3n) is 3.28. The highest BCUT2D eigenvalue weighted by Gasteiger charge is 2.23. The van der Waals surface area contributed by atoms with Gasteiger partial charge < -0.3 is 10.1 Å². The van der Waals surface area contributed by atoms with Crippen molar-refractivity contribution in [2.75, 3.05) is 26.7 Å². The molecule has 0 radical (unpaired) electrons. The van der Waals surface area contributed by atoms with E-state index in [0.29, 0.717) is 6.04 Å². The minimum Gasteiger partial charge on any atom is -0.496 e. The van der Waals surface area contributed by atoms with Crippen molar-refractivity contribution < 1.29 is 4.74 Å². The Labute approximate surface area is 111 Å². The number of nitrogens with zero attached hydrogens (tertiary/aromatic N) is 1. The first-order valence-corrected chi connectivity index (χ1v) is 6.81. The highest BCUT2D eigenvalue weighted by molar-refractivity contribution is 9.10. The summed E-state index contributed by atoms with van der Waals surface area (Å²) in [5, 5.41) is 3.32. The van der Waals surface area contributed by atoms with E-state index in [1.165, 1.54) is 5.56 Å². The molecule has 0 spiro atoms. The van der Waals surface area contributed by atoms with Crippen LogP contribution in [0.25, 0.3) is 0 Å². The molecule has 0 unspecified atom stereocenters. The number of hydrogen-bond acceptors (Lipinski definition) is 3. The molecule has 0 aromatic heterocycles. The molecule has 0 bridgehead atoms. The quantitative estimate of drug-likeness (QED) is 0.902. The minimum atomic E-state index is 0.695. The van der Waals surface area contributed by atoms with Gasteiger partial charge in [0.1, 0.15) is 5.75 Å². The number of ether oxygens (including phenoxy) is 1. The summed E-state index contributed by atoms with van der Waals surface area (Å²) in [5.41, 5.74) is 1.33. The van der Waals surface area contributed by atoms with E-state index >= 15 is 0 Å². The molecule has 94 valence electrons. The zero-order valence-electron chi connectivity index (χ0n) is 10.4. The van der Waals surface area contributed by atoms with Crippen LogP contribution in [0.4, 0.5) is 0 Å². The molecular formula is C13H19BrN2O. The molecule has 0 atom stereocenters. The van der Waals surface area contributed by atoms with Crippen LogP contribution in [-0.2, 0) is 6.54 Å². The van der Waals surface area contributed by atoms with Gasteiger partial charge in [-0.1, -0.05) is 13.0 Å². The van der Waals surface area contributed by atoms with Crippen molar-refractivity contribution in [3.63, 3.8) is 0 Å². The molecule has 1 saturated heterocycles. The van der Waals surface area contributed by atoms with Crippen LogP contribution in [0.2, 0.25) is 0 Å². The standard InChI is InChI=1S/C13H19BrN2O/c1-3-16(11-7-15-8-11)9-10-4-5-13(17-2)12(14)6-10/h4-6,11,15H,3,7-9H2,1-2H3. The largest absolute Gasteiger partial charge is 0.496 e. The van der Waals surface area contributed by atoms with Crippen LogP contribution in [-0.4, -0.2) is 37.7 Å². The fraction of sp³-hybridized carbons (Fsp3) is 0.538. The fourth-order valence-electron chi connectivity index (χ4n) is 2.07. The summed E-state index contributed by atoms with van der Waals surface area (Å²) in [7, 11) is 1.69. The summed E-state index contributed by atoms with van der Waals surface area (Å²) in [4.78, 5) is 2.50. The van der Waals surface area contributed by atoms with Gasteiger partial charge in [0.2, 0.25) is 0 Å². The molecule has 1 aromatic carbocycles. The molecule has 4 heteroatoms. The molecule has 0 saturated carbocycles. The molecule has 1 heterocycles. The van der Waals surface area contributed by atoms with E-state index in [0.717, 1.165) is 36.4 Å². The molecule has 1 N–H and O–H groups in total. The molecule has 0 amide bonds. The number of rotatable bonds is 5. The van der Waals surface area contributed by atoms with Crippen LogP contribution < -0.4 is 10.1 Å². The Morgan fingerprint density at radius 2 is 2.24 bits per heavy atom. The SMILES string of the molecule is CCN(Cc1ccc(OC)c(Br)c1)C1CNC1. The number of hydrogen-bond donors (Lipinski definition) is 1. The van der Waals surface area contributed by atoms with Crippen LogP contribution >= 0.6 is 15.9 Å². The Morgan fingerprint density at radius 1 is 1.47 bits per heavy atom. The summed E-state index contributed by atoms with van der Waals surface area (Å²) in [6, 6.07) is 7.00. The summed E-state index contributed by atoms with van der Waals surface area (Å²) in [5.74, 6) is 0.891. The van der Waals surface area contributed by atoms with Crippen molar-refractivity contribution in [1.29, 1.82) is 0 Å². The van der Waals surface area contributed by atoms with Crippen molar-refractivity contribution in [3.8, 4) is 5.75 Å². The van der Waals surface area contributed by atoms with E-state index in [1.807, 2.05) is 6.07 Å². The highest BCUT2D eigenvalue weighted by atomic mass is 79.9. The van der Waals surface area contributed by atoms with Crippen molar-refractivity contribution in [2.24, 2.45) is 0 Å². The number of halogens is 1. The van der Waals surface area contributed by atoms with Gasteiger partial charge in [0.15, 0.2) is 0 Å². The zero-order chi connectivity index (χ0) is 12.3. The van der Waals surface area contributed by atoms with Crippen LogP contribution in [0.3, 0.4) is 0 Å². The minimum absolute atomic E-state index is 0.695. The van der Waals surface area contributed by atoms with Crippen molar-refractivity contribution in [3.05, 3.63) is 28.2 Å². The van der Waals surface area contributed by atoms with E-state index in [9.17, 15) is 0 Å². The van der Waals surface area contributed by atoms with Gasteiger partial charge in [-0.2, -0.15) is 0 Å². The predicted octanol–water partition coefficient (Wildman–Crippen LogP) is 2.25. The molecular weight excluding hydrogens is 280 g/mol. The van der Waals surface area contributed by atoms with Gasteiger partial charge in [0.05, 0.1) is 11.6 Å². The van der Waals surface area contributed by atoms with Gasteiger partial charge in [-0.15, -0.1) is 0 Å². The second-order valence-corrected chi connectivity index (χ2v) is 5.20. The third kappa shape index (κ3) is 3.00. The number of methoxy groups -OCH3 is 1. The second kappa shape index (κ2) is 5.85. The third-order valence-corrected chi connectivity index (χ3v) is 3.90. The van der Waals surface area contributed by atoms with Gasteiger partial charge in [-0.25, -0.2) is 0 Å². The van der Waals surface area contributed by atoms with Gasteiger partial charge in [-0.3, -0.25) is 4.90 Å². The summed E-state index contributed by atoms with van der Waals surface area (Å²) >= 11 is 3.53. The average molecular weight is 299 g/mol. The summed E-state index contributed by atoms with van der Waals surface area (Å²) in [6.45, 7) is 6.55. The lowest BCUT2D eigenvalue weighted by Gasteiger charge is -2.37. The van der Waals surface area contributed by atoms with Crippen molar-refractivity contribution >= 4 is 15.9 Å². The number of nitrogens with one attached hydrogen (secondary N) is 1. The maximum Gasteiger partial charge on any atom is 0.133 e. The second-order valence-electron chi connectivity index (χ2n) is 4.34. The number of likely N-dealkylation sites (N-methyl/N-ethyl adjacent to an activating group) is 1. The van der Waals surface area contributed by atoms with E-state index in [1.54, 1.807) is 7.11 Å². The molecule has 17 heavy (non-hydrogen) atoms. The molecule has 3 nitrogen and oxygen atoms in total. The Morgan fingerprint density at radius 3 is 2.71 bits per heavy atom. The highest BCUT2D eigenvalue weighted by Crippen LogP contribution is 2.26. The van der Waals surface area contributed by atoms with E-state index in [-0.39, 0.29) is 0 Å². The first-order chi connectivity index (χ1) is 8.24. The summed E-state index contributed by atoms with van der Waals surface area (Å²) < 4.78 is 6.27. The van der Waals surface area contributed by atoms with Crippen LogP contribution in [0.1, 0.15) is 12.5 Å². The molecule has 1 aliphatic heterocycles. The Kier molecular flexibility index (Phi) is 4.42. The lowest BCUT2D eigenvalue weighted by atomic mass is 10.1. The van der Waals surface area contributed by atoms with Crippen LogP contribution in [0, 0.1) is 0 Å². The average Bonchev–Trinajstić information content (AvgIpc) is 2.26. The Balaban J connectivity index is 2.03. The maximum atomic E-state index is 5.24. The van der Waals surface area contributed by atoms with Crippen LogP contribution in [0.15, 0.2) is 22.7 Å². The number of benzene rings is 1.